The van der Waals surface area contributed by atoms with E-state index in [1.165, 1.54) is 0 Å². The molecule has 2 aliphatic heterocycles. The van der Waals surface area contributed by atoms with Crippen molar-refractivity contribution < 1.29 is 19.2 Å². The van der Waals surface area contributed by atoms with Crippen molar-refractivity contribution >= 4 is 40.5 Å². The summed E-state index contributed by atoms with van der Waals surface area (Å²) < 4.78 is 5.76. The summed E-state index contributed by atoms with van der Waals surface area (Å²) in [7, 11) is 0. The van der Waals surface area contributed by atoms with E-state index in [9.17, 15) is 9.59 Å². The zero-order chi connectivity index (χ0) is 20.8. The summed E-state index contributed by atoms with van der Waals surface area (Å²) in [6.07, 6.45) is 0.324. The van der Waals surface area contributed by atoms with Crippen molar-refractivity contribution in [1.29, 1.82) is 0 Å². The molecule has 1 atom stereocenters. The zero-order valence-corrected chi connectivity index (χ0v) is 17.0. The van der Waals surface area contributed by atoms with Crippen LogP contribution in [0.25, 0.3) is 0 Å². The Hall–Kier alpha value is -3.06. The van der Waals surface area contributed by atoms with E-state index in [1.54, 1.807) is 51.1 Å². The van der Waals surface area contributed by atoms with E-state index in [4.69, 9.17) is 21.2 Å². The largest absolute Gasteiger partial charge is 0.476 e. The minimum Gasteiger partial charge on any atom is -0.476 e. The van der Waals surface area contributed by atoms with Gasteiger partial charge in [0.05, 0.1) is 11.4 Å². The highest BCUT2D eigenvalue weighted by Crippen LogP contribution is 2.36. The van der Waals surface area contributed by atoms with E-state index in [0.717, 1.165) is 5.56 Å². The summed E-state index contributed by atoms with van der Waals surface area (Å²) in [6.45, 7) is 5.05. The zero-order valence-electron chi connectivity index (χ0n) is 16.2. The molecule has 2 aliphatic rings. The predicted octanol–water partition coefficient (Wildman–Crippen LogP) is 3.97. The lowest BCUT2D eigenvalue weighted by atomic mass is 9.95. The van der Waals surface area contributed by atoms with Crippen molar-refractivity contribution in [3.63, 3.8) is 0 Å². The number of anilines is 2. The lowest BCUT2D eigenvalue weighted by Gasteiger charge is -2.31. The first-order valence-electron chi connectivity index (χ1n) is 9.13. The summed E-state index contributed by atoms with van der Waals surface area (Å²) >= 11 is 5.92. The maximum atomic E-state index is 12.9. The van der Waals surface area contributed by atoms with Crippen LogP contribution in [0.5, 0.6) is 5.75 Å². The van der Waals surface area contributed by atoms with Gasteiger partial charge in [0.2, 0.25) is 5.60 Å². The number of nitrogens with one attached hydrogen (secondary N) is 2. The molecule has 0 radical (unpaired) electrons. The SMILES string of the molecule is CC1(C)Oc2cc(NC(=O)C3(C)CC(c4ccc(Cl)cc4)=NO3)ccc2NC1=O. The third-order valence-electron chi connectivity index (χ3n) is 4.92. The van der Waals surface area contributed by atoms with Crippen molar-refractivity contribution in [3.05, 3.63) is 53.1 Å². The van der Waals surface area contributed by atoms with Gasteiger partial charge in [0.25, 0.3) is 11.8 Å². The van der Waals surface area contributed by atoms with Gasteiger partial charge in [-0.05, 0) is 50.6 Å². The monoisotopic (exact) mass is 413 g/mol. The molecule has 7 nitrogen and oxygen atoms in total. The Balaban J connectivity index is 1.47. The van der Waals surface area contributed by atoms with Crippen LogP contribution in [0.3, 0.4) is 0 Å². The average Bonchev–Trinajstić information content (AvgIpc) is 3.07. The van der Waals surface area contributed by atoms with Crippen LogP contribution in [0.1, 0.15) is 32.8 Å². The van der Waals surface area contributed by atoms with Gasteiger partial charge in [0.15, 0.2) is 5.60 Å². The quantitative estimate of drug-likeness (QED) is 0.796. The van der Waals surface area contributed by atoms with E-state index in [0.29, 0.717) is 34.3 Å². The first-order valence-corrected chi connectivity index (χ1v) is 9.51. The summed E-state index contributed by atoms with van der Waals surface area (Å²) in [5.74, 6) is -0.0622. The second kappa shape index (κ2) is 6.77. The van der Waals surface area contributed by atoms with Crippen LogP contribution in [0.4, 0.5) is 11.4 Å². The molecule has 2 aromatic carbocycles. The van der Waals surface area contributed by atoms with E-state index in [2.05, 4.69) is 15.8 Å². The highest BCUT2D eigenvalue weighted by molar-refractivity contribution is 6.30. The van der Waals surface area contributed by atoms with Crippen LogP contribution >= 0.6 is 11.6 Å². The van der Waals surface area contributed by atoms with E-state index in [-0.39, 0.29) is 11.8 Å². The Labute approximate surface area is 173 Å². The van der Waals surface area contributed by atoms with E-state index >= 15 is 0 Å². The molecule has 2 N–H and O–H groups in total. The van der Waals surface area contributed by atoms with Gasteiger partial charge in [-0.2, -0.15) is 0 Å². The molecule has 2 heterocycles. The Kier molecular flexibility index (Phi) is 4.50. The first kappa shape index (κ1) is 19.3. The molecule has 0 fully saturated rings. The maximum absolute atomic E-state index is 12.9. The van der Waals surface area contributed by atoms with Gasteiger partial charge in [-0.25, -0.2) is 0 Å². The fourth-order valence-corrected chi connectivity index (χ4v) is 3.23. The number of nitrogens with zero attached hydrogens (tertiary/aromatic N) is 1. The molecule has 8 heteroatoms. The predicted molar refractivity (Wildman–Crippen MR) is 111 cm³/mol. The fraction of sp³-hybridized carbons (Fsp3) is 0.286. The molecule has 0 saturated carbocycles. The minimum absolute atomic E-state index is 0.222. The van der Waals surface area contributed by atoms with Crippen molar-refractivity contribution in [2.24, 2.45) is 5.16 Å². The fourth-order valence-electron chi connectivity index (χ4n) is 3.10. The van der Waals surface area contributed by atoms with Gasteiger partial charge in [-0.3, -0.25) is 9.59 Å². The number of halogens is 1. The number of hydrogen-bond acceptors (Lipinski definition) is 5. The number of fused-ring (bicyclic) bond motifs is 1. The second-order valence-corrected chi connectivity index (χ2v) is 8.21. The van der Waals surface area contributed by atoms with E-state index < -0.39 is 11.2 Å². The van der Waals surface area contributed by atoms with Gasteiger partial charge in [0, 0.05) is 23.2 Å². The average molecular weight is 414 g/mol. The minimum atomic E-state index is -1.14. The van der Waals surface area contributed by atoms with Crippen molar-refractivity contribution in [3.8, 4) is 5.75 Å². The number of carbonyl (C=O) groups is 2. The number of hydrogen-bond donors (Lipinski definition) is 2. The normalized spacial score (nSPS) is 21.9. The van der Waals surface area contributed by atoms with Crippen LogP contribution in [0.15, 0.2) is 47.6 Å². The molecule has 0 aliphatic carbocycles. The lowest BCUT2D eigenvalue weighted by Crippen LogP contribution is -2.45. The lowest BCUT2D eigenvalue weighted by molar-refractivity contribution is -0.136. The number of ether oxygens (including phenoxy) is 1. The van der Waals surface area contributed by atoms with Crippen LogP contribution in [-0.4, -0.2) is 28.7 Å². The number of amides is 2. The molecule has 29 heavy (non-hydrogen) atoms. The van der Waals surface area contributed by atoms with E-state index in [1.807, 2.05) is 12.1 Å². The molecule has 1 unspecified atom stereocenters. The Morgan fingerprint density at radius 2 is 1.90 bits per heavy atom. The number of oxime groups is 1. The second-order valence-electron chi connectivity index (χ2n) is 7.78. The van der Waals surface area contributed by atoms with Crippen LogP contribution in [0.2, 0.25) is 5.02 Å². The first-order chi connectivity index (χ1) is 13.7. The van der Waals surface area contributed by atoms with Crippen LogP contribution in [-0.2, 0) is 14.4 Å². The Morgan fingerprint density at radius 3 is 2.62 bits per heavy atom. The molecule has 0 aromatic heterocycles. The van der Waals surface area contributed by atoms with Crippen LogP contribution < -0.4 is 15.4 Å². The summed E-state index contributed by atoms with van der Waals surface area (Å²) in [5, 5.41) is 10.4. The molecular weight excluding hydrogens is 394 g/mol. The number of rotatable bonds is 3. The van der Waals surface area contributed by atoms with Crippen molar-refractivity contribution in [2.75, 3.05) is 10.6 Å². The molecular formula is C21H20ClN3O4. The highest BCUT2D eigenvalue weighted by Gasteiger charge is 2.42. The molecule has 0 spiro atoms. The van der Waals surface area contributed by atoms with Crippen LogP contribution in [0, 0.1) is 0 Å². The van der Waals surface area contributed by atoms with Gasteiger partial charge in [0.1, 0.15) is 5.75 Å². The van der Waals surface area contributed by atoms with Gasteiger partial charge in [-0.15, -0.1) is 0 Å². The molecule has 0 saturated heterocycles. The molecule has 2 aromatic rings. The highest BCUT2D eigenvalue weighted by atomic mass is 35.5. The third-order valence-corrected chi connectivity index (χ3v) is 5.17. The number of carbonyl (C=O) groups excluding carboxylic acids is 2. The molecule has 4 rings (SSSR count). The summed E-state index contributed by atoms with van der Waals surface area (Å²) in [6, 6.07) is 12.3. The topological polar surface area (TPSA) is 89.0 Å². The number of benzene rings is 2. The third kappa shape index (κ3) is 3.65. The van der Waals surface area contributed by atoms with Crippen molar-refractivity contribution in [2.45, 2.75) is 38.4 Å². The standard InChI is InChI=1S/C21H20ClN3O4/c1-20(2)18(26)24-15-9-8-14(10-17(15)28-20)23-19(27)21(3)11-16(25-29-21)12-4-6-13(22)7-5-12/h4-10H,11H2,1-3H3,(H,23,27)(H,24,26). The van der Waals surface area contributed by atoms with Gasteiger partial charge < -0.3 is 20.2 Å². The summed E-state index contributed by atoms with van der Waals surface area (Å²) in [5.41, 5.74) is 0.495. The van der Waals surface area contributed by atoms with Crippen molar-refractivity contribution in [1.82, 2.24) is 0 Å². The molecule has 150 valence electrons. The van der Waals surface area contributed by atoms with Gasteiger partial charge in [-0.1, -0.05) is 28.9 Å². The summed E-state index contributed by atoms with van der Waals surface area (Å²) in [4.78, 5) is 30.3. The Bertz CT molecular complexity index is 1030. The smallest absolute Gasteiger partial charge is 0.271 e. The molecule has 2 amide bonds. The Morgan fingerprint density at radius 1 is 1.17 bits per heavy atom. The maximum Gasteiger partial charge on any atom is 0.271 e. The molecule has 0 bridgehead atoms. The van der Waals surface area contributed by atoms with Gasteiger partial charge >= 0.3 is 0 Å².